The van der Waals surface area contributed by atoms with Crippen LogP contribution in [0.25, 0.3) is 0 Å². The van der Waals surface area contributed by atoms with Crippen LogP contribution in [0.2, 0.25) is 0 Å². The van der Waals surface area contributed by atoms with Crippen molar-refractivity contribution in [1.82, 2.24) is 5.01 Å². The Kier molecular flexibility index (Phi) is 3.40. The van der Waals surface area contributed by atoms with E-state index < -0.39 is 0 Å². The number of hydrogen-bond donors (Lipinski definition) is 1. The number of piperidine rings is 1. The number of hydrazine groups is 1. The Hall–Kier alpha value is -1.57. The van der Waals surface area contributed by atoms with Gasteiger partial charge < -0.3 is 5.73 Å². The Morgan fingerprint density at radius 3 is 2.44 bits per heavy atom. The average molecular weight is 216 g/mol. The van der Waals surface area contributed by atoms with Gasteiger partial charge in [-0.2, -0.15) is 5.26 Å². The highest BCUT2D eigenvalue weighted by Crippen LogP contribution is 2.18. The Bertz CT molecular complexity index is 362. The van der Waals surface area contributed by atoms with E-state index in [2.05, 4.69) is 11.2 Å². The summed E-state index contributed by atoms with van der Waals surface area (Å²) in [6, 6.07) is 10.00. The first-order chi connectivity index (χ1) is 7.81. The van der Waals surface area contributed by atoms with Crippen LogP contribution >= 0.6 is 0 Å². The van der Waals surface area contributed by atoms with Gasteiger partial charge in [0, 0.05) is 19.1 Å². The number of rotatable bonds is 2. The molecule has 1 aliphatic heterocycles. The summed E-state index contributed by atoms with van der Waals surface area (Å²) in [5, 5.41) is 12.9. The molecule has 1 heterocycles. The van der Waals surface area contributed by atoms with Gasteiger partial charge >= 0.3 is 0 Å². The van der Waals surface area contributed by atoms with Crippen molar-refractivity contribution in [2.45, 2.75) is 18.9 Å². The molecule has 0 atom stereocenters. The van der Waals surface area contributed by atoms with Crippen molar-refractivity contribution in [2.24, 2.45) is 5.73 Å². The van der Waals surface area contributed by atoms with Crippen molar-refractivity contribution < 1.29 is 0 Å². The molecule has 1 saturated heterocycles. The van der Waals surface area contributed by atoms with Crippen molar-refractivity contribution in [1.29, 1.82) is 5.26 Å². The molecule has 1 aliphatic rings. The highest BCUT2D eigenvalue weighted by molar-refractivity contribution is 5.48. The van der Waals surface area contributed by atoms with Gasteiger partial charge in [0.1, 0.15) is 0 Å². The zero-order valence-corrected chi connectivity index (χ0v) is 9.21. The molecule has 1 fully saturated rings. The maximum absolute atomic E-state index is 9.20. The zero-order chi connectivity index (χ0) is 11.4. The molecule has 0 amide bonds. The normalized spacial score (nSPS) is 18.0. The van der Waals surface area contributed by atoms with Gasteiger partial charge in [0.15, 0.2) is 0 Å². The van der Waals surface area contributed by atoms with E-state index in [0.717, 1.165) is 31.6 Å². The smallest absolute Gasteiger partial charge is 0.200 e. The lowest BCUT2D eigenvalue weighted by Crippen LogP contribution is -2.47. The van der Waals surface area contributed by atoms with E-state index in [9.17, 15) is 5.26 Å². The Balaban J connectivity index is 2.09. The fourth-order valence-electron chi connectivity index (χ4n) is 1.94. The first-order valence-electron chi connectivity index (χ1n) is 5.56. The van der Waals surface area contributed by atoms with E-state index in [0.29, 0.717) is 0 Å². The largest absolute Gasteiger partial charge is 0.328 e. The molecule has 0 aromatic heterocycles. The molecular formula is C12H16N4. The summed E-state index contributed by atoms with van der Waals surface area (Å²) < 4.78 is 0. The SMILES string of the molecule is N#CN(c1ccccc1)N1CCC(N)CC1. The number of para-hydroxylation sites is 1. The molecule has 16 heavy (non-hydrogen) atoms. The summed E-state index contributed by atoms with van der Waals surface area (Å²) in [6.45, 7) is 1.70. The van der Waals surface area contributed by atoms with Crippen LogP contribution in [0.15, 0.2) is 30.3 Å². The summed E-state index contributed by atoms with van der Waals surface area (Å²) in [6.07, 6.45) is 4.12. The monoisotopic (exact) mass is 216 g/mol. The average Bonchev–Trinajstić information content (AvgIpc) is 2.34. The van der Waals surface area contributed by atoms with Gasteiger partial charge in [0.25, 0.3) is 0 Å². The molecule has 1 aromatic rings. The predicted molar refractivity (Wildman–Crippen MR) is 63.3 cm³/mol. The second kappa shape index (κ2) is 4.97. The minimum Gasteiger partial charge on any atom is -0.328 e. The second-order valence-electron chi connectivity index (χ2n) is 4.04. The summed E-state index contributed by atoms with van der Waals surface area (Å²) in [4.78, 5) is 0. The third kappa shape index (κ3) is 2.32. The molecular weight excluding hydrogens is 200 g/mol. The number of nitrogens with zero attached hydrogens (tertiary/aromatic N) is 3. The topological polar surface area (TPSA) is 56.3 Å². The van der Waals surface area contributed by atoms with E-state index in [1.807, 2.05) is 30.3 Å². The quantitative estimate of drug-likeness (QED) is 0.598. The van der Waals surface area contributed by atoms with E-state index in [4.69, 9.17) is 5.73 Å². The first kappa shape index (κ1) is 10.9. The molecule has 4 nitrogen and oxygen atoms in total. The van der Waals surface area contributed by atoms with E-state index >= 15 is 0 Å². The molecule has 2 N–H and O–H groups in total. The number of anilines is 1. The van der Waals surface area contributed by atoms with Crippen molar-refractivity contribution >= 4 is 5.69 Å². The number of benzene rings is 1. The number of hydrogen-bond acceptors (Lipinski definition) is 4. The third-order valence-corrected chi connectivity index (χ3v) is 2.89. The third-order valence-electron chi connectivity index (χ3n) is 2.89. The fraction of sp³-hybridized carbons (Fsp3) is 0.417. The standard InChI is InChI=1S/C12H16N4/c13-10-16(12-4-2-1-3-5-12)15-8-6-11(14)7-9-15/h1-5,11H,6-9,14H2. The van der Waals surface area contributed by atoms with Crippen LogP contribution in [-0.4, -0.2) is 24.1 Å². The van der Waals surface area contributed by atoms with Crippen LogP contribution in [0.4, 0.5) is 5.69 Å². The molecule has 0 bridgehead atoms. The Morgan fingerprint density at radius 2 is 1.88 bits per heavy atom. The lowest BCUT2D eigenvalue weighted by atomic mass is 10.1. The lowest BCUT2D eigenvalue weighted by molar-refractivity contribution is 0.216. The molecule has 84 valence electrons. The Morgan fingerprint density at radius 1 is 1.25 bits per heavy atom. The maximum Gasteiger partial charge on any atom is 0.200 e. The van der Waals surface area contributed by atoms with E-state index in [-0.39, 0.29) is 6.04 Å². The minimum absolute atomic E-state index is 0.285. The summed E-state index contributed by atoms with van der Waals surface area (Å²) in [5.41, 5.74) is 6.77. The second-order valence-corrected chi connectivity index (χ2v) is 4.04. The van der Waals surface area contributed by atoms with Gasteiger partial charge in [-0.25, -0.2) is 10.0 Å². The van der Waals surface area contributed by atoms with Crippen molar-refractivity contribution in [3.63, 3.8) is 0 Å². The minimum atomic E-state index is 0.285. The van der Waals surface area contributed by atoms with Crippen molar-refractivity contribution in [3.8, 4) is 6.19 Å². The first-order valence-corrected chi connectivity index (χ1v) is 5.56. The molecule has 0 spiro atoms. The number of nitrogens with two attached hydrogens (primary N) is 1. The van der Waals surface area contributed by atoms with Gasteiger partial charge in [0.2, 0.25) is 6.19 Å². The van der Waals surface area contributed by atoms with Crippen LogP contribution < -0.4 is 10.7 Å². The van der Waals surface area contributed by atoms with Crippen LogP contribution in [0.5, 0.6) is 0 Å². The fourth-order valence-corrected chi connectivity index (χ4v) is 1.94. The lowest BCUT2D eigenvalue weighted by Gasteiger charge is -2.35. The van der Waals surface area contributed by atoms with Gasteiger partial charge in [-0.05, 0) is 25.0 Å². The summed E-state index contributed by atoms with van der Waals surface area (Å²) in [5.74, 6) is 0. The highest BCUT2D eigenvalue weighted by Gasteiger charge is 2.21. The maximum atomic E-state index is 9.20. The summed E-state index contributed by atoms with van der Waals surface area (Å²) >= 11 is 0. The van der Waals surface area contributed by atoms with Gasteiger partial charge in [-0.1, -0.05) is 18.2 Å². The van der Waals surface area contributed by atoms with Crippen LogP contribution in [0.3, 0.4) is 0 Å². The molecule has 0 radical (unpaired) electrons. The molecule has 4 heteroatoms. The highest BCUT2D eigenvalue weighted by atomic mass is 15.6. The van der Waals surface area contributed by atoms with Crippen LogP contribution in [0, 0.1) is 11.5 Å². The predicted octanol–water partition coefficient (Wildman–Crippen LogP) is 1.31. The molecule has 2 rings (SSSR count). The van der Waals surface area contributed by atoms with Crippen LogP contribution in [0.1, 0.15) is 12.8 Å². The van der Waals surface area contributed by atoms with Gasteiger partial charge in [-0.3, -0.25) is 0 Å². The molecule has 0 saturated carbocycles. The van der Waals surface area contributed by atoms with E-state index in [1.54, 1.807) is 5.01 Å². The van der Waals surface area contributed by atoms with E-state index in [1.165, 1.54) is 0 Å². The number of nitriles is 1. The Labute approximate surface area is 95.8 Å². The van der Waals surface area contributed by atoms with Gasteiger partial charge in [-0.15, -0.1) is 0 Å². The molecule has 0 unspecified atom stereocenters. The molecule has 0 aliphatic carbocycles. The van der Waals surface area contributed by atoms with Gasteiger partial charge in [0.05, 0.1) is 5.69 Å². The molecule has 1 aromatic carbocycles. The zero-order valence-electron chi connectivity index (χ0n) is 9.21. The van der Waals surface area contributed by atoms with Crippen molar-refractivity contribution in [3.05, 3.63) is 30.3 Å². The van der Waals surface area contributed by atoms with Crippen LogP contribution in [-0.2, 0) is 0 Å². The van der Waals surface area contributed by atoms with Crippen molar-refractivity contribution in [2.75, 3.05) is 18.1 Å². The summed E-state index contributed by atoms with van der Waals surface area (Å²) in [7, 11) is 0.